The number of nitrogens with zero attached hydrogens (tertiary/aromatic N) is 1. The molecule has 2 aliphatic carbocycles. The van der Waals surface area contributed by atoms with E-state index in [1.165, 1.54) is 76.9 Å². The lowest BCUT2D eigenvalue weighted by atomic mass is 9.80. The van der Waals surface area contributed by atoms with E-state index in [-0.39, 0.29) is 11.0 Å². The Balaban J connectivity index is 1.66. The summed E-state index contributed by atoms with van der Waals surface area (Å²) in [6, 6.07) is 21.2. The van der Waals surface area contributed by atoms with Crippen molar-refractivity contribution < 1.29 is 0 Å². The number of aryl methyl sites for hydroxylation is 2. The molecule has 0 N–H and O–H groups in total. The highest BCUT2D eigenvalue weighted by Crippen LogP contribution is 2.52. The lowest BCUT2D eigenvalue weighted by Gasteiger charge is -2.40. The van der Waals surface area contributed by atoms with Gasteiger partial charge in [0.15, 0.2) is 0 Å². The number of hydrogen-bond donors (Lipinski definition) is 0. The van der Waals surface area contributed by atoms with Crippen molar-refractivity contribution >= 4 is 11.4 Å². The molecule has 0 atom stereocenters. The fourth-order valence-corrected chi connectivity index (χ4v) is 6.51. The third kappa shape index (κ3) is 3.78. The van der Waals surface area contributed by atoms with Crippen LogP contribution in [-0.4, -0.2) is 5.54 Å². The predicted molar refractivity (Wildman–Crippen MR) is 148 cm³/mol. The highest BCUT2D eigenvalue weighted by Gasteiger charge is 2.38. The molecule has 0 heterocycles. The van der Waals surface area contributed by atoms with E-state index in [2.05, 4.69) is 108 Å². The van der Waals surface area contributed by atoms with Gasteiger partial charge in [-0.1, -0.05) is 69.5 Å². The topological polar surface area (TPSA) is 3.24 Å². The van der Waals surface area contributed by atoms with Crippen molar-refractivity contribution in [3.8, 4) is 11.1 Å². The third-order valence-electron chi connectivity index (χ3n) is 8.36. The first-order valence-corrected chi connectivity index (χ1v) is 13.2. The molecule has 0 saturated heterocycles. The average Bonchev–Trinajstić information content (AvgIpc) is 3.01. The van der Waals surface area contributed by atoms with Crippen molar-refractivity contribution in [3.05, 3.63) is 82.4 Å². The Bertz CT molecular complexity index is 1220. The van der Waals surface area contributed by atoms with Crippen LogP contribution in [-0.2, 0) is 5.41 Å². The van der Waals surface area contributed by atoms with Gasteiger partial charge >= 0.3 is 0 Å². The van der Waals surface area contributed by atoms with Crippen molar-refractivity contribution in [2.24, 2.45) is 0 Å². The van der Waals surface area contributed by atoms with Gasteiger partial charge in [-0.2, -0.15) is 0 Å². The highest BCUT2D eigenvalue weighted by molar-refractivity contribution is 5.85. The maximum atomic E-state index is 2.55. The van der Waals surface area contributed by atoms with Gasteiger partial charge in [-0.3, -0.25) is 0 Å². The van der Waals surface area contributed by atoms with Crippen LogP contribution in [0.15, 0.2) is 54.6 Å². The lowest BCUT2D eigenvalue weighted by Crippen LogP contribution is -2.38. The summed E-state index contributed by atoms with van der Waals surface area (Å²) in [7, 11) is 0. The quantitative estimate of drug-likeness (QED) is 0.383. The molecule has 3 aromatic rings. The van der Waals surface area contributed by atoms with E-state index in [4.69, 9.17) is 0 Å². The summed E-state index contributed by atoms with van der Waals surface area (Å²) in [5.41, 5.74) is 12.7. The normalized spacial score (nSPS) is 17.4. The molecule has 178 valence electrons. The highest BCUT2D eigenvalue weighted by atomic mass is 15.2. The lowest BCUT2D eigenvalue weighted by molar-refractivity contribution is 0.443. The molecule has 0 aromatic heterocycles. The molecular formula is C33H41N. The molecular weight excluding hydrogens is 410 g/mol. The number of anilines is 2. The fourth-order valence-electron chi connectivity index (χ4n) is 6.51. The van der Waals surface area contributed by atoms with Crippen LogP contribution in [0.3, 0.4) is 0 Å². The fraction of sp³-hybridized carbons (Fsp3) is 0.455. The van der Waals surface area contributed by atoms with Crippen LogP contribution < -0.4 is 4.90 Å². The number of para-hydroxylation sites is 1. The monoisotopic (exact) mass is 451 g/mol. The van der Waals surface area contributed by atoms with Crippen LogP contribution in [0, 0.1) is 13.8 Å². The standard InChI is InChI=1S/C33H41N/c1-22-13-11-12-16-30(22)34(32(3,4)5)31-21-29-26(19-23(31)2)27-20-25(24-14-9-8-10-15-24)17-18-28(27)33(29,6)7/h11-13,16-21,24H,8-10,14-15H2,1-7H3. The van der Waals surface area contributed by atoms with E-state index in [0.29, 0.717) is 0 Å². The van der Waals surface area contributed by atoms with Crippen LogP contribution in [0.4, 0.5) is 11.4 Å². The van der Waals surface area contributed by atoms with Crippen LogP contribution in [0.25, 0.3) is 11.1 Å². The number of benzene rings is 3. The Morgan fingerprint density at radius 2 is 1.41 bits per heavy atom. The van der Waals surface area contributed by atoms with Gasteiger partial charge in [0.25, 0.3) is 0 Å². The van der Waals surface area contributed by atoms with Crippen LogP contribution >= 0.6 is 0 Å². The molecule has 0 bridgehead atoms. The second kappa shape index (κ2) is 8.29. The number of hydrogen-bond acceptors (Lipinski definition) is 1. The summed E-state index contributed by atoms with van der Waals surface area (Å²) >= 11 is 0. The summed E-state index contributed by atoms with van der Waals surface area (Å²) in [6.07, 6.45) is 6.88. The van der Waals surface area contributed by atoms with Crippen molar-refractivity contribution in [1.82, 2.24) is 0 Å². The first kappa shape index (κ1) is 23.2. The zero-order chi connectivity index (χ0) is 24.3. The molecule has 0 amide bonds. The van der Waals surface area contributed by atoms with E-state index in [1.807, 2.05) is 0 Å². The summed E-state index contributed by atoms with van der Waals surface area (Å²) in [5, 5.41) is 0. The van der Waals surface area contributed by atoms with Gasteiger partial charge in [-0.05, 0) is 111 Å². The van der Waals surface area contributed by atoms with Crippen LogP contribution in [0.2, 0.25) is 0 Å². The van der Waals surface area contributed by atoms with Gasteiger partial charge in [0.2, 0.25) is 0 Å². The molecule has 0 spiro atoms. The molecule has 1 heteroatoms. The molecule has 5 rings (SSSR count). The molecule has 34 heavy (non-hydrogen) atoms. The van der Waals surface area contributed by atoms with Crippen LogP contribution in [0.5, 0.6) is 0 Å². The molecule has 1 nitrogen and oxygen atoms in total. The Labute approximate surface area is 207 Å². The van der Waals surface area contributed by atoms with E-state index < -0.39 is 0 Å². The summed E-state index contributed by atoms with van der Waals surface area (Å²) in [5.74, 6) is 0.740. The van der Waals surface area contributed by atoms with Crippen molar-refractivity contribution in [2.75, 3.05) is 4.90 Å². The minimum atomic E-state index is -0.0329. The third-order valence-corrected chi connectivity index (χ3v) is 8.36. The molecule has 0 aliphatic heterocycles. The zero-order valence-corrected chi connectivity index (χ0v) is 22.3. The second-order valence-corrected chi connectivity index (χ2v) is 12.2. The van der Waals surface area contributed by atoms with Crippen LogP contribution in [0.1, 0.15) is 100 Å². The summed E-state index contributed by atoms with van der Waals surface area (Å²) in [6.45, 7) is 16.3. The smallest absolute Gasteiger partial charge is 0.0449 e. The maximum Gasteiger partial charge on any atom is 0.0449 e. The van der Waals surface area contributed by atoms with Crippen molar-refractivity contribution in [2.45, 2.75) is 97.4 Å². The largest absolute Gasteiger partial charge is 0.336 e. The van der Waals surface area contributed by atoms with Gasteiger partial charge in [-0.15, -0.1) is 0 Å². The van der Waals surface area contributed by atoms with Gasteiger partial charge < -0.3 is 4.90 Å². The number of rotatable bonds is 3. The zero-order valence-electron chi connectivity index (χ0n) is 22.3. The van der Waals surface area contributed by atoms with E-state index in [9.17, 15) is 0 Å². The van der Waals surface area contributed by atoms with E-state index in [1.54, 1.807) is 5.56 Å². The Kier molecular flexibility index (Phi) is 5.66. The maximum absolute atomic E-state index is 2.55. The molecule has 3 aromatic carbocycles. The van der Waals surface area contributed by atoms with Gasteiger partial charge in [-0.25, -0.2) is 0 Å². The Morgan fingerprint density at radius 1 is 0.735 bits per heavy atom. The summed E-state index contributed by atoms with van der Waals surface area (Å²) in [4.78, 5) is 2.55. The average molecular weight is 452 g/mol. The molecule has 0 radical (unpaired) electrons. The Morgan fingerprint density at radius 3 is 2.09 bits per heavy atom. The van der Waals surface area contributed by atoms with Gasteiger partial charge in [0.05, 0.1) is 0 Å². The van der Waals surface area contributed by atoms with E-state index >= 15 is 0 Å². The predicted octanol–water partition coefficient (Wildman–Crippen LogP) is 9.59. The van der Waals surface area contributed by atoms with Crippen molar-refractivity contribution in [1.29, 1.82) is 0 Å². The molecule has 0 unspecified atom stereocenters. The minimum Gasteiger partial charge on any atom is -0.336 e. The van der Waals surface area contributed by atoms with Gasteiger partial charge in [0, 0.05) is 22.3 Å². The van der Waals surface area contributed by atoms with Crippen molar-refractivity contribution in [3.63, 3.8) is 0 Å². The second-order valence-electron chi connectivity index (χ2n) is 12.2. The first-order valence-electron chi connectivity index (χ1n) is 13.2. The number of fused-ring (bicyclic) bond motifs is 3. The SMILES string of the molecule is Cc1ccccc1N(c1cc2c(cc1C)-c1cc(C3CCCCC3)ccc1C2(C)C)C(C)(C)C. The molecule has 1 saturated carbocycles. The first-order chi connectivity index (χ1) is 16.1. The van der Waals surface area contributed by atoms with E-state index in [0.717, 1.165) is 5.92 Å². The molecule has 1 fully saturated rings. The Hall–Kier alpha value is -2.54. The molecule has 2 aliphatic rings. The minimum absolute atomic E-state index is 0.00744. The summed E-state index contributed by atoms with van der Waals surface area (Å²) < 4.78 is 0. The van der Waals surface area contributed by atoms with Gasteiger partial charge in [0.1, 0.15) is 0 Å².